The summed E-state index contributed by atoms with van der Waals surface area (Å²) in [6.07, 6.45) is 0. The van der Waals surface area contributed by atoms with E-state index in [-0.39, 0.29) is 41.1 Å². The number of hydrogen-bond acceptors (Lipinski definition) is 8. The summed E-state index contributed by atoms with van der Waals surface area (Å²) < 4.78 is 44.2. The fourth-order valence-electron chi connectivity index (χ4n) is 2.28. The topological polar surface area (TPSA) is 104 Å². The molecule has 2 aromatic carbocycles. The van der Waals surface area contributed by atoms with E-state index in [0.717, 1.165) is 0 Å². The number of alkyl halides is 2. The molecule has 0 saturated carbocycles. The van der Waals surface area contributed by atoms with Gasteiger partial charge in [-0.2, -0.15) is 13.8 Å². The average Bonchev–Trinajstić information content (AvgIpc) is 3.15. The lowest BCUT2D eigenvalue weighted by molar-refractivity contribution is -0.0512. The number of halogens is 2. The second-order valence-electron chi connectivity index (χ2n) is 5.35. The Morgan fingerprint density at radius 3 is 2.71 bits per heavy atom. The number of phenols is 1. The summed E-state index contributed by atoms with van der Waals surface area (Å²) in [5.41, 5.74) is 0.419. The second-order valence-corrected chi connectivity index (χ2v) is 5.35. The van der Waals surface area contributed by atoms with Gasteiger partial charge >= 0.3 is 12.6 Å². The van der Waals surface area contributed by atoms with Gasteiger partial charge in [0.25, 0.3) is 5.89 Å². The van der Waals surface area contributed by atoms with Crippen LogP contribution in [0.15, 0.2) is 47.0 Å². The number of methoxy groups -OCH3 is 1. The maximum atomic E-state index is 12.4. The molecule has 146 valence electrons. The van der Waals surface area contributed by atoms with Gasteiger partial charge < -0.3 is 23.8 Å². The average molecular weight is 392 g/mol. The predicted octanol–water partition coefficient (Wildman–Crippen LogP) is 3.41. The maximum absolute atomic E-state index is 12.4. The molecule has 10 heteroatoms. The van der Waals surface area contributed by atoms with Gasteiger partial charge in [-0.1, -0.05) is 17.3 Å². The molecule has 0 aliphatic carbocycles. The number of esters is 1. The number of hydrogen-bond donors (Lipinski definition) is 1. The molecular weight excluding hydrogens is 378 g/mol. The van der Waals surface area contributed by atoms with Gasteiger partial charge in [-0.25, -0.2) is 4.79 Å². The Labute approximate surface area is 157 Å². The zero-order valence-corrected chi connectivity index (χ0v) is 14.5. The van der Waals surface area contributed by atoms with Crippen molar-refractivity contribution in [2.24, 2.45) is 0 Å². The van der Waals surface area contributed by atoms with Crippen molar-refractivity contribution in [3.63, 3.8) is 0 Å². The number of para-hydroxylation sites is 1. The highest BCUT2D eigenvalue weighted by molar-refractivity contribution is 5.92. The van der Waals surface area contributed by atoms with Crippen molar-refractivity contribution in [3.8, 4) is 28.6 Å². The van der Waals surface area contributed by atoms with Gasteiger partial charge in [-0.15, -0.1) is 0 Å². The standard InChI is InChI=1S/C18H14F2N2O6/c1-25-14-8-10(6-7-13(14)27-18(19)20)16-21-15(28-22-16)9-26-17(24)11-4-2-3-5-12(11)23/h2-8,18,23H,9H2,1H3. The zero-order valence-electron chi connectivity index (χ0n) is 14.5. The van der Waals surface area contributed by atoms with Crippen LogP contribution in [0.1, 0.15) is 16.2 Å². The number of aromatic nitrogens is 2. The molecule has 28 heavy (non-hydrogen) atoms. The molecule has 1 heterocycles. The van der Waals surface area contributed by atoms with E-state index in [9.17, 15) is 18.7 Å². The molecular formula is C18H14F2N2O6. The minimum atomic E-state index is -2.99. The highest BCUT2D eigenvalue weighted by atomic mass is 19.3. The number of phenolic OH excluding ortho intramolecular Hbond substituents is 1. The van der Waals surface area contributed by atoms with Crippen LogP contribution in [0.2, 0.25) is 0 Å². The molecule has 0 aliphatic rings. The lowest BCUT2D eigenvalue weighted by atomic mass is 10.2. The van der Waals surface area contributed by atoms with Crippen LogP contribution in [-0.4, -0.2) is 34.9 Å². The lowest BCUT2D eigenvalue weighted by Crippen LogP contribution is -2.05. The Morgan fingerprint density at radius 1 is 1.21 bits per heavy atom. The van der Waals surface area contributed by atoms with Crippen molar-refractivity contribution in [1.29, 1.82) is 0 Å². The fourth-order valence-corrected chi connectivity index (χ4v) is 2.28. The Hall–Kier alpha value is -3.69. The van der Waals surface area contributed by atoms with E-state index in [1.54, 1.807) is 12.1 Å². The molecule has 0 spiro atoms. The molecule has 0 saturated heterocycles. The number of carbonyl (C=O) groups excluding carboxylic acids is 1. The molecule has 0 atom stereocenters. The minimum absolute atomic E-state index is 0.00148. The number of benzene rings is 2. The van der Waals surface area contributed by atoms with Gasteiger partial charge in [0.1, 0.15) is 11.3 Å². The van der Waals surface area contributed by atoms with Gasteiger partial charge in [-0.3, -0.25) is 0 Å². The summed E-state index contributed by atoms with van der Waals surface area (Å²) in [5, 5.41) is 13.4. The summed E-state index contributed by atoms with van der Waals surface area (Å²) in [7, 11) is 1.30. The first kappa shape index (κ1) is 19.1. The molecule has 0 radical (unpaired) electrons. The van der Waals surface area contributed by atoms with Gasteiger partial charge in [0.05, 0.1) is 7.11 Å². The molecule has 0 bridgehead atoms. The summed E-state index contributed by atoms with van der Waals surface area (Å²) in [6.45, 7) is -3.31. The van der Waals surface area contributed by atoms with Crippen LogP contribution in [0.3, 0.4) is 0 Å². The minimum Gasteiger partial charge on any atom is -0.507 e. The first-order valence-corrected chi connectivity index (χ1v) is 7.89. The Bertz CT molecular complexity index is 976. The highest BCUT2D eigenvalue weighted by Gasteiger charge is 2.17. The van der Waals surface area contributed by atoms with E-state index in [4.69, 9.17) is 14.0 Å². The SMILES string of the molecule is COc1cc(-c2noc(COC(=O)c3ccccc3O)n2)ccc1OC(F)F. The van der Waals surface area contributed by atoms with Crippen LogP contribution < -0.4 is 9.47 Å². The van der Waals surface area contributed by atoms with E-state index in [0.29, 0.717) is 5.56 Å². The van der Waals surface area contributed by atoms with Crippen LogP contribution >= 0.6 is 0 Å². The summed E-state index contributed by atoms with van der Waals surface area (Å²) in [6, 6.07) is 10.1. The van der Waals surface area contributed by atoms with Crippen LogP contribution in [0.4, 0.5) is 8.78 Å². The largest absolute Gasteiger partial charge is 0.507 e. The quantitative estimate of drug-likeness (QED) is 0.610. The van der Waals surface area contributed by atoms with Crippen molar-refractivity contribution in [3.05, 3.63) is 53.9 Å². The zero-order chi connectivity index (χ0) is 20.1. The molecule has 3 rings (SSSR count). The monoisotopic (exact) mass is 392 g/mol. The highest BCUT2D eigenvalue weighted by Crippen LogP contribution is 2.32. The van der Waals surface area contributed by atoms with Crippen molar-refractivity contribution in [2.45, 2.75) is 13.2 Å². The van der Waals surface area contributed by atoms with Gasteiger partial charge in [-0.05, 0) is 30.3 Å². The number of nitrogens with zero attached hydrogens (tertiary/aromatic N) is 2. The first-order chi connectivity index (χ1) is 13.5. The molecule has 0 aliphatic heterocycles. The third kappa shape index (κ3) is 4.34. The predicted molar refractivity (Wildman–Crippen MR) is 90.1 cm³/mol. The van der Waals surface area contributed by atoms with E-state index in [2.05, 4.69) is 14.9 Å². The third-order valence-electron chi connectivity index (χ3n) is 3.56. The van der Waals surface area contributed by atoms with Gasteiger partial charge in [0.15, 0.2) is 18.1 Å². The van der Waals surface area contributed by atoms with Crippen LogP contribution in [0, 0.1) is 0 Å². The van der Waals surface area contributed by atoms with Gasteiger partial charge in [0, 0.05) is 5.56 Å². The number of rotatable bonds is 7. The van der Waals surface area contributed by atoms with Crippen molar-refractivity contribution in [1.82, 2.24) is 10.1 Å². The molecule has 0 amide bonds. The molecule has 1 aromatic heterocycles. The van der Waals surface area contributed by atoms with E-state index in [1.165, 1.54) is 37.4 Å². The Morgan fingerprint density at radius 2 is 2.00 bits per heavy atom. The molecule has 1 N–H and O–H groups in total. The van der Waals surface area contributed by atoms with E-state index < -0.39 is 12.6 Å². The smallest absolute Gasteiger partial charge is 0.387 e. The molecule has 0 unspecified atom stereocenters. The van der Waals surface area contributed by atoms with Crippen LogP contribution in [-0.2, 0) is 11.3 Å². The number of carbonyl (C=O) groups is 1. The Balaban J connectivity index is 1.70. The van der Waals surface area contributed by atoms with Crippen molar-refractivity contribution < 1.29 is 37.4 Å². The Kier molecular flexibility index (Phi) is 5.68. The van der Waals surface area contributed by atoms with Crippen LogP contribution in [0.25, 0.3) is 11.4 Å². The van der Waals surface area contributed by atoms with Gasteiger partial charge in [0.2, 0.25) is 5.82 Å². The second kappa shape index (κ2) is 8.33. The molecule has 3 aromatic rings. The normalized spacial score (nSPS) is 10.7. The molecule has 8 nitrogen and oxygen atoms in total. The number of aromatic hydroxyl groups is 1. The molecule has 0 fully saturated rings. The summed E-state index contributed by atoms with van der Waals surface area (Å²) in [5.74, 6) is -0.900. The fraction of sp³-hybridized carbons (Fsp3) is 0.167. The van der Waals surface area contributed by atoms with Crippen molar-refractivity contribution in [2.75, 3.05) is 7.11 Å². The van der Waals surface area contributed by atoms with E-state index in [1.807, 2.05) is 0 Å². The lowest BCUT2D eigenvalue weighted by Gasteiger charge is -2.10. The van der Waals surface area contributed by atoms with E-state index >= 15 is 0 Å². The summed E-state index contributed by atoms with van der Waals surface area (Å²) in [4.78, 5) is 16.0. The first-order valence-electron chi connectivity index (χ1n) is 7.89. The summed E-state index contributed by atoms with van der Waals surface area (Å²) >= 11 is 0. The third-order valence-corrected chi connectivity index (χ3v) is 3.56. The number of ether oxygens (including phenoxy) is 3. The van der Waals surface area contributed by atoms with Crippen LogP contribution in [0.5, 0.6) is 17.2 Å². The maximum Gasteiger partial charge on any atom is 0.387 e. The van der Waals surface area contributed by atoms with Crippen molar-refractivity contribution >= 4 is 5.97 Å².